The van der Waals surface area contributed by atoms with Crippen molar-refractivity contribution >= 4 is 11.6 Å². The van der Waals surface area contributed by atoms with Crippen molar-refractivity contribution in [1.29, 1.82) is 0 Å². The minimum Gasteiger partial charge on any atom is -0.406 e. The van der Waals surface area contributed by atoms with Gasteiger partial charge in [-0.2, -0.15) is 0 Å². The van der Waals surface area contributed by atoms with E-state index < -0.39 is 6.36 Å². The number of nitrogen functional groups attached to an aromatic ring is 1. The smallest absolute Gasteiger partial charge is 0.406 e. The molecule has 25 heavy (non-hydrogen) atoms. The van der Waals surface area contributed by atoms with E-state index in [0.29, 0.717) is 30.6 Å². The van der Waals surface area contributed by atoms with Crippen LogP contribution in [0.25, 0.3) is 0 Å². The summed E-state index contributed by atoms with van der Waals surface area (Å²) in [6.45, 7) is 0.301. The van der Waals surface area contributed by atoms with Gasteiger partial charge in [-0.05, 0) is 35.7 Å². The maximum Gasteiger partial charge on any atom is 0.573 e. The van der Waals surface area contributed by atoms with Gasteiger partial charge >= 0.3 is 6.36 Å². The van der Waals surface area contributed by atoms with Crippen LogP contribution in [0.2, 0.25) is 0 Å². The van der Waals surface area contributed by atoms with Gasteiger partial charge in [0.15, 0.2) is 0 Å². The first-order chi connectivity index (χ1) is 11.7. The van der Waals surface area contributed by atoms with E-state index in [9.17, 15) is 18.0 Å². The van der Waals surface area contributed by atoms with Gasteiger partial charge in [0.2, 0.25) is 5.91 Å². The highest BCUT2D eigenvalue weighted by Crippen LogP contribution is 2.23. The van der Waals surface area contributed by atoms with Gasteiger partial charge < -0.3 is 15.4 Å². The molecule has 4 nitrogen and oxygen atoms in total. The second kappa shape index (κ2) is 7.92. The number of alkyl halides is 3. The van der Waals surface area contributed by atoms with E-state index in [0.717, 1.165) is 5.56 Å². The number of ether oxygens (including phenoxy) is 1. The number of nitrogens with zero attached hydrogens (tertiary/aromatic N) is 1. The highest BCUT2D eigenvalue weighted by Gasteiger charge is 2.30. The molecular weight excluding hydrogens is 333 g/mol. The van der Waals surface area contributed by atoms with E-state index in [2.05, 4.69) is 4.74 Å². The Kier molecular flexibility index (Phi) is 5.90. The Balaban J connectivity index is 1.87. The fourth-order valence-electron chi connectivity index (χ4n) is 2.35. The van der Waals surface area contributed by atoms with Crippen LogP contribution in [-0.4, -0.2) is 24.2 Å². The van der Waals surface area contributed by atoms with Crippen molar-refractivity contribution in [2.24, 2.45) is 0 Å². The topological polar surface area (TPSA) is 55.6 Å². The first-order valence-corrected chi connectivity index (χ1v) is 7.66. The van der Waals surface area contributed by atoms with Crippen LogP contribution in [-0.2, 0) is 17.8 Å². The average molecular weight is 352 g/mol. The van der Waals surface area contributed by atoms with Crippen LogP contribution >= 0.6 is 0 Å². The van der Waals surface area contributed by atoms with Crippen molar-refractivity contribution in [1.82, 2.24) is 4.90 Å². The quantitative estimate of drug-likeness (QED) is 0.806. The van der Waals surface area contributed by atoms with Gasteiger partial charge in [0, 0.05) is 25.7 Å². The van der Waals surface area contributed by atoms with Crippen LogP contribution in [0.15, 0.2) is 48.5 Å². The van der Waals surface area contributed by atoms with Crippen LogP contribution in [0.4, 0.5) is 18.9 Å². The second-order valence-electron chi connectivity index (χ2n) is 5.64. The van der Waals surface area contributed by atoms with E-state index in [1.807, 2.05) is 18.2 Å². The Bertz CT molecular complexity index is 715. The predicted octanol–water partition coefficient (Wildman–Crippen LogP) is 3.76. The lowest BCUT2D eigenvalue weighted by Crippen LogP contribution is -2.26. The van der Waals surface area contributed by atoms with Crippen molar-refractivity contribution in [3.05, 3.63) is 59.7 Å². The zero-order chi connectivity index (χ0) is 18.4. The standard InChI is InChI=1S/C18H19F3N2O2/c1-23(17(24)11-8-14-4-2-3-5-16(14)22)12-13-6-9-15(10-7-13)25-18(19,20)21/h2-7,9-10H,8,11-12,22H2,1H3. The normalized spacial score (nSPS) is 11.2. The summed E-state index contributed by atoms with van der Waals surface area (Å²) < 4.78 is 40.2. The molecule has 134 valence electrons. The number of carbonyl (C=O) groups excluding carboxylic acids is 1. The van der Waals surface area contributed by atoms with Crippen LogP contribution < -0.4 is 10.5 Å². The Morgan fingerprint density at radius 2 is 1.76 bits per heavy atom. The molecule has 0 bridgehead atoms. The van der Waals surface area contributed by atoms with E-state index in [1.165, 1.54) is 29.2 Å². The maximum atomic E-state index is 12.2. The van der Waals surface area contributed by atoms with E-state index in [1.54, 1.807) is 13.1 Å². The van der Waals surface area contributed by atoms with Crippen LogP contribution in [0.5, 0.6) is 5.75 Å². The Morgan fingerprint density at radius 1 is 1.12 bits per heavy atom. The fraction of sp³-hybridized carbons (Fsp3) is 0.278. The van der Waals surface area contributed by atoms with Crippen molar-refractivity contribution in [2.75, 3.05) is 12.8 Å². The number of hydrogen-bond acceptors (Lipinski definition) is 3. The predicted molar refractivity (Wildman–Crippen MR) is 88.8 cm³/mol. The molecule has 7 heteroatoms. The van der Waals surface area contributed by atoms with Crippen molar-refractivity contribution in [3.63, 3.8) is 0 Å². The molecular formula is C18H19F3N2O2. The summed E-state index contributed by atoms with van der Waals surface area (Å²) in [7, 11) is 1.65. The Morgan fingerprint density at radius 3 is 2.36 bits per heavy atom. The van der Waals surface area contributed by atoms with Crippen LogP contribution in [0.3, 0.4) is 0 Å². The summed E-state index contributed by atoms with van der Waals surface area (Å²) >= 11 is 0. The van der Waals surface area contributed by atoms with Gasteiger partial charge in [0.25, 0.3) is 0 Å². The molecule has 0 aromatic heterocycles. The van der Waals surface area contributed by atoms with E-state index in [4.69, 9.17) is 5.73 Å². The third kappa shape index (κ3) is 6.02. The van der Waals surface area contributed by atoms with Gasteiger partial charge in [0.05, 0.1) is 0 Å². The largest absolute Gasteiger partial charge is 0.573 e. The minimum atomic E-state index is -4.71. The number of nitrogens with two attached hydrogens (primary N) is 1. The summed E-state index contributed by atoms with van der Waals surface area (Å²) in [5, 5.41) is 0. The zero-order valence-corrected chi connectivity index (χ0v) is 13.7. The highest BCUT2D eigenvalue weighted by atomic mass is 19.4. The molecule has 2 N–H and O–H groups in total. The number of hydrogen-bond donors (Lipinski definition) is 1. The lowest BCUT2D eigenvalue weighted by Gasteiger charge is -2.18. The number of aryl methyl sites for hydroxylation is 1. The molecule has 0 unspecified atom stereocenters. The summed E-state index contributed by atoms with van der Waals surface area (Å²) in [6.07, 6.45) is -3.87. The molecule has 0 saturated carbocycles. The first kappa shape index (κ1) is 18.6. The summed E-state index contributed by atoms with van der Waals surface area (Å²) in [5.74, 6) is -0.358. The monoisotopic (exact) mass is 352 g/mol. The molecule has 0 aliphatic carbocycles. The lowest BCUT2D eigenvalue weighted by atomic mass is 10.1. The first-order valence-electron chi connectivity index (χ1n) is 7.66. The molecule has 0 atom stereocenters. The summed E-state index contributed by atoms with van der Waals surface area (Å²) in [5.41, 5.74) is 8.13. The second-order valence-corrected chi connectivity index (χ2v) is 5.64. The van der Waals surface area contributed by atoms with Crippen LogP contribution in [0, 0.1) is 0 Å². The highest BCUT2D eigenvalue weighted by molar-refractivity contribution is 5.76. The minimum absolute atomic E-state index is 0.0705. The molecule has 1 amide bonds. The zero-order valence-electron chi connectivity index (χ0n) is 13.7. The Hall–Kier alpha value is -2.70. The molecule has 2 aromatic rings. The van der Waals surface area contributed by atoms with Gasteiger partial charge in [0.1, 0.15) is 5.75 Å². The number of benzene rings is 2. The molecule has 0 aliphatic heterocycles. The summed E-state index contributed by atoms with van der Waals surface area (Å²) in [4.78, 5) is 13.7. The lowest BCUT2D eigenvalue weighted by molar-refractivity contribution is -0.274. The van der Waals surface area contributed by atoms with E-state index >= 15 is 0 Å². The molecule has 0 fully saturated rings. The molecule has 2 rings (SSSR count). The molecule has 0 radical (unpaired) electrons. The van der Waals surface area contributed by atoms with Crippen LogP contribution in [0.1, 0.15) is 17.5 Å². The number of anilines is 1. The number of para-hydroxylation sites is 1. The summed E-state index contributed by atoms with van der Waals surface area (Å²) in [6, 6.07) is 12.8. The van der Waals surface area contributed by atoms with Crippen molar-refractivity contribution in [3.8, 4) is 5.75 Å². The van der Waals surface area contributed by atoms with Gasteiger partial charge in [-0.15, -0.1) is 13.2 Å². The molecule has 0 heterocycles. The molecule has 0 aliphatic rings. The number of rotatable bonds is 6. The third-order valence-electron chi connectivity index (χ3n) is 3.67. The van der Waals surface area contributed by atoms with Gasteiger partial charge in [-0.25, -0.2) is 0 Å². The number of carbonyl (C=O) groups is 1. The maximum absolute atomic E-state index is 12.2. The Labute approximate surface area is 144 Å². The molecule has 2 aromatic carbocycles. The van der Waals surface area contributed by atoms with Crippen molar-refractivity contribution < 1.29 is 22.7 Å². The van der Waals surface area contributed by atoms with Gasteiger partial charge in [-0.1, -0.05) is 30.3 Å². The number of amides is 1. The SMILES string of the molecule is CN(Cc1ccc(OC(F)(F)F)cc1)C(=O)CCc1ccccc1N. The molecule has 0 saturated heterocycles. The van der Waals surface area contributed by atoms with Gasteiger partial charge in [-0.3, -0.25) is 4.79 Å². The van der Waals surface area contributed by atoms with Crippen molar-refractivity contribution in [2.45, 2.75) is 25.7 Å². The fourth-order valence-corrected chi connectivity index (χ4v) is 2.35. The average Bonchev–Trinajstić information content (AvgIpc) is 2.54. The third-order valence-corrected chi connectivity index (χ3v) is 3.67. The van der Waals surface area contributed by atoms with E-state index in [-0.39, 0.29) is 11.7 Å². The number of halogens is 3. The molecule has 0 spiro atoms.